The minimum atomic E-state index is -1.49. The first kappa shape index (κ1) is 40.8. The number of carbonyl (C=O) groups is 6. The monoisotopic (exact) mass is 742 g/mol. The number of rotatable bonds is 19. The Morgan fingerprint density at radius 2 is 1.33 bits per heavy atom. The van der Waals surface area contributed by atoms with Gasteiger partial charge in [-0.3, -0.25) is 24.0 Å². The number of aromatic nitrogens is 2. The van der Waals surface area contributed by atoms with E-state index >= 15 is 0 Å². The molecule has 0 aliphatic carbocycles. The summed E-state index contributed by atoms with van der Waals surface area (Å²) in [5.41, 5.74) is 7.56. The lowest BCUT2D eigenvalue weighted by atomic mass is 10.0. The second kappa shape index (κ2) is 19.7. The van der Waals surface area contributed by atoms with Crippen LogP contribution in [0.2, 0.25) is 0 Å². The number of aliphatic hydroxyl groups is 1. The maximum absolute atomic E-state index is 13.4. The lowest BCUT2D eigenvalue weighted by Gasteiger charge is -2.24. The number of phenols is 2. The predicted molar refractivity (Wildman–Crippen MR) is 188 cm³/mol. The molecule has 0 aliphatic heterocycles. The molecule has 3 rings (SSSR count). The zero-order valence-corrected chi connectivity index (χ0v) is 28.9. The van der Waals surface area contributed by atoms with Crippen molar-refractivity contribution in [2.45, 2.75) is 62.5 Å². The molecule has 6 atom stereocenters. The molecule has 0 saturated carbocycles. The number of aliphatic carboxylic acids is 1. The number of benzene rings is 2. The largest absolute Gasteiger partial charge is 0.508 e. The van der Waals surface area contributed by atoms with Crippen LogP contribution in [0, 0.1) is 0 Å². The van der Waals surface area contributed by atoms with Gasteiger partial charge in [0, 0.05) is 30.5 Å². The van der Waals surface area contributed by atoms with Gasteiger partial charge in [-0.05, 0) is 48.7 Å². The fourth-order valence-electron chi connectivity index (χ4n) is 4.80. The summed E-state index contributed by atoms with van der Waals surface area (Å²) < 4.78 is 0. The summed E-state index contributed by atoms with van der Waals surface area (Å²) in [4.78, 5) is 83.6. The Morgan fingerprint density at radius 1 is 0.769 bits per heavy atom. The fraction of sp³-hybridized carbons (Fsp3) is 0.364. The van der Waals surface area contributed by atoms with Crippen LogP contribution in [0.1, 0.15) is 23.7 Å². The molecule has 0 fully saturated rings. The van der Waals surface area contributed by atoms with E-state index in [-0.39, 0.29) is 36.5 Å². The van der Waals surface area contributed by atoms with E-state index in [1.54, 1.807) is 12.1 Å². The molecule has 0 spiro atoms. The number of amides is 5. The number of aromatic amines is 1. The van der Waals surface area contributed by atoms with Gasteiger partial charge in [0.25, 0.3) is 0 Å². The van der Waals surface area contributed by atoms with Crippen molar-refractivity contribution in [3.8, 4) is 11.5 Å². The van der Waals surface area contributed by atoms with Crippen molar-refractivity contribution in [3.05, 3.63) is 77.9 Å². The molecule has 0 radical (unpaired) electrons. The number of nitrogens with one attached hydrogen (secondary N) is 6. The van der Waals surface area contributed by atoms with Crippen molar-refractivity contribution in [2.75, 3.05) is 12.3 Å². The molecule has 3 aromatic rings. The van der Waals surface area contributed by atoms with Crippen LogP contribution in [-0.4, -0.2) is 115 Å². The number of aromatic hydroxyl groups is 2. The average Bonchev–Trinajstić information content (AvgIpc) is 3.62. The summed E-state index contributed by atoms with van der Waals surface area (Å²) in [7, 11) is 0. The van der Waals surface area contributed by atoms with Crippen molar-refractivity contribution in [2.24, 2.45) is 5.73 Å². The third-order valence-corrected chi connectivity index (χ3v) is 8.02. The summed E-state index contributed by atoms with van der Waals surface area (Å²) in [6.07, 6.45) is 1.18. The Kier molecular flexibility index (Phi) is 15.4. The SMILES string of the molecule is C[C@@H](O)[C@H](NC(=O)[C@@H](N)Cc1ccc(O)cc1)C(=O)NCC(=O)N[C@@H](Cc1cnc[nH]1)C(=O)N[C@@H](CS)C(=O)N[C@@H](Cc1ccc(O)cc1)C(=O)O. The zero-order valence-electron chi connectivity index (χ0n) is 28.0. The molecule has 12 N–H and O–H groups in total. The van der Waals surface area contributed by atoms with Gasteiger partial charge in [0.15, 0.2) is 0 Å². The van der Waals surface area contributed by atoms with E-state index < -0.39 is 78.4 Å². The molecule has 0 bridgehead atoms. The van der Waals surface area contributed by atoms with E-state index in [9.17, 15) is 49.2 Å². The minimum Gasteiger partial charge on any atom is -0.508 e. The third-order valence-electron chi connectivity index (χ3n) is 7.65. The smallest absolute Gasteiger partial charge is 0.326 e. The van der Waals surface area contributed by atoms with Crippen molar-refractivity contribution < 1.29 is 49.2 Å². The van der Waals surface area contributed by atoms with E-state index in [1.165, 1.54) is 55.8 Å². The summed E-state index contributed by atoms with van der Waals surface area (Å²) in [5.74, 6) is -5.80. The number of hydrogen-bond acceptors (Lipinski definition) is 12. The number of carboxylic acids is 1. The van der Waals surface area contributed by atoms with Gasteiger partial charge in [-0.2, -0.15) is 12.6 Å². The Labute approximate surface area is 303 Å². The predicted octanol–water partition coefficient (Wildman–Crippen LogP) is -2.37. The molecule has 280 valence electrons. The molecule has 18 nitrogen and oxygen atoms in total. The van der Waals surface area contributed by atoms with Crippen LogP contribution in [0.25, 0.3) is 0 Å². The molecule has 1 heterocycles. The van der Waals surface area contributed by atoms with Gasteiger partial charge < -0.3 is 57.7 Å². The summed E-state index contributed by atoms with van der Waals surface area (Å²) in [6, 6.07) is 5.10. The standard InChI is InChI=1S/C33H42N8O10S/c1-17(42)28(41-29(46)23(34)10-18-2-6-21(43)7-3-18)32(49)36-14-27(45)38-24(12-20-13-35-16-37-20)30(47)40-26(15-52)31(48)39-25(33(50)51)11-19-4-8-22(44)9-5-19/h2-9,13,16-17,23-26,28,42-44,52H,10-12,14-15,34H2,1H3,(H,35,37)(H,36,49)(H,38,45)(H,39,48)(H,40,47)(H,41,46)(H,50,51)/t17-,23+,24+,25+,26+,28+/m1/s1. The van der Waals surface area contributed by atoms with Crippen LogP contribution in [0.4, 0.5) is 0 Å². The lowest BCUT2D eigenvalue weighted by Crippen LogP contribution is -2.59. The van der Waals surface area contributed by atoms with Gasteiger partial charge in [0.05, 0.1) is 25.0 Å². The van der Waals surface area contributed by atoms with Crippen LogP contribution in [0.15, 0.2) is 61.1 Å². The molecule has 52 heavy (non-hydrogen) atoms. The van der Waals surface area contributed by atoms with Gasteiger partial charge in [-0.1, -0.05) is 24.3 Å². The summed E-state index contributed by atoms with van der Waals surface area (Å²) in [6.45, 7) is 0.569. The molecule has 5 amide bonds. The van der Waals surface area contributed by atoms with Crippen LogP contribution in [0.3, 0.4) is 0 Å². The number of phenolic OH excluding ortho intramolecular Hbond substituents is 2. The Bertz CT molecular complexity index is 1670. The number of nitrogens with zero attached hydrogens (tertiary/aromatic N) is 1. The molecule has 0 saturated heterocycles. The number of aliphatic hydroxyl groups excluding tert-OH is 1. The van der Waals surface area contributed by atoms with Crippen molar-refractivity contribution >= 4 is 48.1 Å². The van der Waals surface area contributed by atoms with Gasteiger partial charge >= 0.3 is 5.97 Å². The molecule has 19 heteroatoms. The zero-order chi connectivity index (χ0) is 38.4. The molecule has 1 aromatic heterocycles. The Balaban J connectivity index is 1.61. The van der Waals surface area contributed by atoms with E-state index in [0.717, 1.165) is 0 Å². The Morgan fingerprint density at radius 3 is 1.85 bits per heavy atom. The summed E-state index contributed by atoms with van der Waals surface area (Å²) in [5, 5.41) is 50.7. The van der Waals surface area contributed by atoms with E-state index in [1.807, 2.05) is 0 Å². The van der Waals surface area contributed by atoms with Crippen LogP contribution < -0.4 is 32.3 Å². The first-order valence-electron chi connectivity index (χ1n) is 15.9. The van der Waals surface area contributed by atoms with Crippen LogP contribution in [-0.2, 0) is 48.0 Å². The molecule has 2 aromatic carbocycles. The first-order valence-corrected chi connectivity index (χ1v) is 16.6. The fourth-order valence-corrected chi connectivity index (χ4v) is 5.06. The van der Waals surface area contributed by atoms with Crippen molar-refractivity contribution in [1.29, 1.82) is 0 Å². The quantitative estimate of drug-likeness (QED) is 0.0574. The number of hydrogen-bond donors (Lipinski definition) is 12. The minimum absolute atomic E-state index is 0.0198. The van der Waals surface area contributed by atoms with E-state index in [4.69, 9.17) is 5.73 Å². The number of thiol groups is 1. The first-order chi connectivity index (χ1) is 24.7. The average molecular weight is 743 g/mol. The molecule has 0 unspecified atom stereocenters. The molecule has 0 aliphatic rings. The summed E-state index contributed by atoms with van der Waals surface area (Å²) >= 11 is 4.13. The maximum atomic E-state index is 13.4. The van der Waals surface area contributed by atoms with Gasteiger partial charge in [0.1, 0.15) is 35.7 Å². The third kappa shape index (κ3) is 12.9. The van der Waals surface area contributed by atoms with Gasteiger partial charge in [0.2, 0.25) is 29.5 Å². The number of carboxylic acid groups (broad SMARTS) is 1. The second-order valence-electron chi connectivity index (χ2n) is 11.8. The highest BCUT2D eigenvalue weighted by Crippen LogP contribution is 2.13. The lowest BCUT2D eigenvalue weighted by molar-refractivity contribution is -0.142. The number of H-pyrrole nitrogens is 1. The highest BCUT2D eigenvalue weighted by Gasteiger charge is 2.31. The van der Waals surface area contributed by atoms with Crippen LogP contribution >= 0.6 is 12.6 Å². The van der Waals surface area contributed by atoms with Crippen molar-refractivity contribution in [3.63, 3.8) is 0 Å². The highest BCUT2D eigenvalue weighted by molar-refractivity contribution is 7.80. The Hall–Kier alpha value is -5.66. The van der Waals surface area contributed by atoms with Crippen LogP contribution in [0.5, 0.6) is 11.5 Å². The van der Waals surface area contributed by atoms with Gasteiger partial charge in [-0.15, -0.1) is 0 Å². The van der Waals surface area contributed by atoms with Gasteiger partial charge in [-0.25, -0.2) is 9.78 Å². The number of nitrogens with two attached hydrogens (primary N) is 1. The van der Waals surface area contributed by atoms with E-state index in [2.05, 4.69) is 49.2 Å². The second-order valence-corrected chi connectivity index (χ2v) is 12.2. The maximum Gasteiger partial charge on any atom is 0.326 e. The topological polar surface area (TPSA) is 298 Å². The van der Waals surface area contributed by atoms with E-state index in [0.29, 0.717) is 16.8 Å². The number of imidazole rings is 1. The molecular formula is C33H42N8O10S. The number of carbonyl (C=O) groups excluding carboxylic acids is 5. The molecular weight excluding hydrogens is 700 g/mol. The normalized spacial score (nSPS) is 14.4. The van der Waals surface area contributed by atoms with Crippen molar-refractivity contribution in [1.82, 2.24) is 36.6 Å². The highest BCUT2D eigenvalue weighted by atomic mass is 32.1.